The molecule has 1 heterocycles. The van der Waals surface area contributed by atoms with Crippen LogP contribution in [0.15, 0.2) is 36.4 Å². The van der Waals surface area contributed by atoms with E-state index in [2.05, 4.69) is 16.7 Å². The Labute approximate surface area is 187 Å². The Morgan fingerprint density at radius 1 is 1.22 bits per heavy atom. The van der Waals surface area contributed by atoms with Gasteiger partial charge in [-0.15, -0.1) is 0 Å². The highest BCUT2D eigenvalue weighted by Crippen LogP contribution is 2.42. The highest BCUT2D eigenvalue weighted by molar-refractivity contribution is 5.81. The number of hydrogen-bond acceptors (Lipinski definition) is 5. The van der Waals surface area contributed by atoms with Crippen molar-refractivity contribution in [2.45, 2.75) is 43.7 Å². The number of carbonyl (C=O) groups is 1. The molecule has 1 saturated heterocycles. The summed E-state index contributed by atoms with van der Waals surface area (Å²) >= 11 is 0. The van der Waals surface area contributed by atoms with Crippen LogP contribution in [0.4, 0.5) is 4.39 Å². The maximum absolute atomic E-state index is 14.9. The first-order chi connectivity index (χ1) is 15.6. The number of carbonyl (C=O) groups excluding carboxylic acids is 1. The standard InChI is InChI=1S/C25H25FN4O2/c26-23-12-18(17-5-7-20(13-27)22(11-17)16-2-3-16)4-6-19(23)10-21(14-28)30-25(31)24-15-29-8-1-9-32-24/h4-7,11-12,16,21,24,29H,1-3,8-10,15H2,(H,30,31). The van der Waals surface area contributed by atoms with Crippen molar-refractivity contribution in [3.05, 3.63) is 58.9 Å². The highest BCUT2D eigenvalue weighted by atomic mass is 19.1. The van der Waals surface area contributed by atoms with Gasteiger partial charge < -0.3 is 15.4 Å². The van der Waals surface area contributed by atoms with E-state index in [1.165, 1.54) is 6.07 Å². The van der Waals surface area contributed by atoms with Crippen molar-refractivity contribution in [2.24, 2.45) is 0 Å². The quantitative estimate of drug-likeness (QED) is 0.731. The van der Waals surface area contributed by atoms with E-state index < -0.39 is 18.0 Å². The first kappa shape index (κ1) is 22.0. The molecule has 1 amide bonds. The molecule has 2 aromatic rings. The van der Waals surface area contributed by atoms with Crippen LogP contribution in [0.1, 0.15) is 41.9 Å². The zero-order chi connectivity index (χ0) is 22.5. The van der Waals surface area contributed by atoms with Crippen molar-refractivity contribution >= 4 is 5.91 Å². The molecule has 1 saturated carbocycles. The summed E-state index contributed by atoms with van der Waals surface area (Å²) in [6.45, 7) is 1.65. The van der Waals surface area contributed by atoms with Crippen LogP contribution >= 0.6 is 0 Å². The Morgan fingerprint density at radius 3 is 2.72 bits per heavy atom. The summed E-state index contributed by atoms with van der Waals surface area (Å²) in [5.74, 6) is -0.378. The van der Waals surface area contributed by atoms with Crippen molar-refractivity contribution in [1.29, 1.82) is 10.5 Å². The molecule has 1 aliphatic carbocycles. The van der Waals surface area contributed by atoms with Crippen LogP contribution in [-0.2, 0) is 16.0 Å². The van der Waals surface area contributed by atoms with Crippen molar-refractivity contribution in [2.75, 3.05) is 19.7 Å². The lowest BCUT2D eigenvalue weighted by Crippen LogP contribution is -2.46. The SMILES string of the molecule is N#Cc1ccc(-c2ccc(CC(C#N)NC(=O)C3CNCCCO3)c(F)c2)cc1C1CC1. The van der Waals surface area contributed by atoms with Gasteiger partial charge in [0.25, 0.3) is 5.91 Å². The maximum Gasteiger partial charge on any atom is 0.251 e. The third-order valence-electron chi connectivity index (χ3n) is 5.91. The molecule has 164 valence electrons. The number of nitrogens with zero attached hydrogens (tertiary/aromatic N) is 2. The first-order valence-electron chi connectivity index (χ1n) is 10.9. The third-order valence-corrected chi connectivity index (χ3v) is 5.91. The number of hydrogen-bond donors (Lipinski definition) is 2. The van der Waals surface area contributed by atoms with E-state index in [9.17, 15) is 19.7 Å². The topological polar surface area (TPSA) is 97.9 Å². The van der Waals surface area contributed by atoms with Crippen LogP contribution in [0.5, 0.6) is 0 Å². The summed E-state index contributed by atoms with van der Waals surface area (Å²) in [6.07, 6.45) is 2.39. The van der Waals surface area contributed by atoms with Gasteiger partial charge in [-0.3, -0.25) is 4.79 Å². The maximum atomic E-state index is 14.9. The number of halogens is 1. The van der Waals surface area contributed by atoms with Gasteiger partial charge in [0.1, 0.15) is 18.0 Å². The summed E-state index contributed by atoms with van der Waals surface area (Å²) in [5, 5.41) is 24.6. The Morgan fingerprint density at radius 2 is 2.00 bits per heavy atom. The van der Waals surface area contributed by atoms with Crippen LogP contribution in [0, 0.1) is 28.5 Å². The average molecular weight is 432 g/mol. The fraction of sp³-hybridized carbons (Fsp3) is 0.400. The minimum absolute atomic E-state index is 0.0647. The van der Waals surface area contributed by atoms with E-state index in [0.717, 1.165) is 36.9 Å². The molecule has 0 spiro atoms. The molecule has 1 aliphatic heterocycles. The lowest BCUT2D eigenvalue weighted by Gasteiger charge is -2.18. The molecule has 0 bridgehead atoms. The van der Waals surface area contributed by atoms with Crippen LogP contribution in [0.25, 0.3) is 11.1 Å². The minimum Gasteiger partial charge on any atom is -0.367 e. The molecule has 32 heavy (non-hydrogen) atoms. The van der Waals surface area contributed by atoms with Gasteiger partial charge in [0, 0.05) is 19.6 Å². The minimum atomic E-state index is -0.855. The molecule has 2 unspecified atom stereocenters. The molecule has 7 heteroatoms. The normalized spacial score (nSPS) is 19.3. The Hall–Kier alpha value is -3.26. The molecule has 2 N–H and O–H groups in total. The van der Waals surface area contributed by atoms with Crippen LogP contribution in [0.3, 0.4) is 0 Å². The predicted octanol–water partition coefficient (Wildman–Crippen LogP) is 3.17. The average Bonchev–Trinajstić information content (AvgIpc) is 3.66. The summed E-state index contributed by atoms with van der Waals surface area (Å²) in [6, 6.07) is 13.9. The monoisotopic (exact) mass is 432 g/mol. The molecule has 2 fully saturated rings. The van der Waals surface area contributed by atoms with Crippen molar-refractivity contribution in [3.63, 3.8) is 0 Å². The number of nitriles is 2. The van der Waals surface area contributed by atoms with Gasteiger partial charge in [-0.25, -0.2) is 4.39 Å². The summed E-state index contributed by atoms with van der Waals surface area (Å²) in [7, 11) is 0. The van der Waals surface area contributed by atoms with Gasteiger partial charge in [-0.1, -0.05) is 18.2 Å². The number of nitrogens with one attached hydrogen (secondary N) is 2. The summed E-state index contributed by atoms with van der Waals surface area (Å²) in [5.41, 5.74) is 3.63. The Kier molecular flexibility index (Phi) is 6.80. The molecule has 0 radical (unpaired) electrons. The fourth-order valence-corrected chi connectivity index (χ4v) is 3.97. The second-order valence-electron chi connectivity index (χ2n) is 8.31. The number of amides is 1. The predicted molar refractivity (Wildman–Crippen MR) is 117 cm³/mol. The van der Waals surface area contributed by atoms with Crippen molar-refractivity contribution < 1.29 is 13.9 Å². The van der Waals surface area contributed by atoms with Gasteiger partial charge in [-0.05, 0) is 72.2 Å². The van der Waals surface area contributed by atoms with E-state index in [0.29, 0.717) is 35.8 Å². The number of rotatable bonds is 6. The first-order valence-corrected chi connectivity index (χ1v) is 10.9. The molecule has 2 aliphatic rings. The highest BCUT2D eigenvalue weighted by Gasteiger charge is 2.27. The van der Waals surface area contributed by atoms with E-state index in [-0.39, 0.29) is 12.3 Å². The second kappa shape index (κ2) is 9.91. The fourth-order valence-electron chi connectivity index (χ4n) is 3.97. The van der Waals surface area contributed by atoms with Crippen LogP contribution in [0.2, 0.25) is 0 Å². The molecule has 2 aromatic carbocycles. The van der Waals surface area contributed by atoms with Gasteiger partial charge >= 0.3 is 0 Å². The van der Waals surface area contributed by atoms with Gasteiger partial charge in [0.15, 0.2) is 0 Å². The van der Waals surface area contributed by atoms with Gasteiger partial charge in [-0.2, -0.15) is 10.5 Å². The Bertz CT molecular complexity index is 1080. The second-order valence-corrected chi connectivity index (χ2v) is 8.31. The van der Waals surface area contributed by atoms with Crippen LogP contribution in [-0.4, -0.2) is 37.7 Å². The Balaban J connectivity index is 1.46. The van der Waals surface area contributed by atoms with Crippen molar-refractivity contribution in [3.8, 4) is 23.3 Å². The molecule has 0 aromatic heterocycles. The van der Waals surface area contributed by atoms with Crippen LogP contribution < -0.4 is 10.6 Å². The smallest absolute Gasteiger partial charge is 0.251 e. The van der Waals surface area contributed by atoms with Gasteiger partial charge in [0.2, 0.25) is 0 Å². The lowest BCUT2D eigenvalue weighted by molar-refractivity contribution is -0.132. The van der Waals surface area contributed by atoms with E-state index >= 15 is 0 Å². The molecular formula is C25H25FN4O2. The molecule has 6 nitrogen and oxygen atoms in total. The molecular weight excluding hydrogens is 407 g/mol. The summed E-state index contributed by atoms with van der Waals surface area (Å²) < 4.78 is 20.4. The number of benzene rings is 2. The van der Waals surface area contributed by atoms with E-state index in [1.807, 2.05) is 24.3 Å². The van der Waals surface area contributed by atoms with Crippen molar-refractivity contribution in [1.82, 2.24) is 10.6 Å². The third kappa shape index (κ3) is 5.13. The summed E-state index contributed by atoms with van der Waals surface area (Å²) in [4.78, 5) is 12.4. The molecule has 4 rings (SSSR count). The zero-order valence-electron chi connectivity index (χ0n) is 17.7. The lowest BCUT2D eigenvalue weighted by atomic mass is 9.95. The number of ether oxygens (including phenoxy) is 1. The largest absolute Gasteiger partial charge is 0.367 e. The zero-order valence-corrected chi connectivity index (χ0v) is 17.7. The van der Waals surface area contributed by atoms with E-state index in [1.54, 1.807) is 12.1 Å². The molecule has 2 atom stereocenters. The van der Waals surface area contributed by atoms with Gasteiger partial charge in [0.05, 0.1) is 17.7 Å². The van der Waals surface area contributed by atoms with E-state index in [4.69, 9.17) is 4.74 Å².